The maximum absolute atomic E-state index is 12.8. The molecule has 0 aromatic heterocycles. The van der Waals surface area contributed by atoms with Gasteiger partial charge in [-0.2, -0.15) is 0 Å². The lowest BCUT2D eigenvalue weighted by atomic mass is 10.1. The monoisotopic (exact) mass is 456 g/mol. The molecule has 2 N–H and O–H groups in total. The highest BCUT2D eigenvalue weighted by atomic mass is 32.2. The maximum atomic E-state index is 12.8. The average molecular weight is 457 g/mol. The molecule has 9 heteroatoms. The number of carbonyl (C=O) groups excluding carboxylic acids is 1. The van der Waals surface area contributed by atoms with Crippen molar-refractivity contribution in [2.45, 2.75) is 11.3 Å². The van der Waals surface area contributed by atoms with Crippen LogP contribution in [0.15, 0.2) is 71.6 Å². The van der Waals surface area contributed by atoms with Crippen LogP contribution in [-0.4, -0.2) is 35.7 Å². The molecule has 0 unspecified atom stereocenters. The Morgan fingerprint density at radius 3 is 2.03 bits per heavy atom. The second-order valence-corrected chi connectivity index (χ2v) is 8.45. The Balaban J connectivity index is 1.68. The Bertz CT molecular complexity index is 1180. The first kappa shape index (κ1) is 23.0. The summed E-state index contributed by atoms with van der Waals surface area (Å²) in [4.78, 5) is 12.3. The fourth-order valence-corrected chi connectivity index (χ4v) is 4.01. The summed E-state index contributed by atoms with van der Waals surface area (Å²) in [6, 6.07) is 17.9. The van der Waals surface area contributed by atoms with E-state index in [-0.39, 0.29) is 22.9 Å². The predicted molar refractivity (Wildman–Crippen MR) is 122 cm³/mol. The maximum Gasteiger partial charge on any atom is 0.262 e. The van der Waals surface area contributed by atoms with Gasteiger partial charge in [-0.25, -0.2) is 8.42 Å². The summed E-state index contributed by atoms with van der Waals surface area (Å²) in [7, 11) is 0.632. The van der Waals surface area contributed by atoms with Crippen LogP contribution in [0.3, 0.4) is 0 Å². The van der Waals surface area contributed by atoms with Gasteiger partial charge in [-0.1, -0.05) is 12.1 Å². The van der Waals surface area contributed by atoms with Crippen LogP contribution in [0.1, 0.15) is 5.56 Å². The lowest BCUT2D eigenvalue weighted by Gasteiger charge is -2.13. The van der Waals surface area contributed by atoms with Crippen molar-refractivity contribution in [1.82, 2.24) is 0 Å². The highest BCUT2D eigenvalue weighted by Crippen LogP contribution is 2.31. The number of ether oxygens (including phenoxy) is 3. The first-order valence-corrected chi connectivity index (χ1v) is 11.1. The molecule has 0 saturated carbocycles. The fraction of sp³-hybridized carbons (Fsp3) is 0.174. The Kier molecular flexibility index (Phi) is 7.21. The number of benzene rings is 3. The van der Waals surface area contributed by atoms with Gasteiger partial charge in [-0.3, -0.25) is 9.52 Å². The van der Waals surface area contributed by atoms with Crippen LogP contribution in [0.25, 0.3) is 0 Å². The van der Waals surface area contributed by atoms with E-state index < -0.39 is 10.0 Å². The number of carbonyl (C=O) groups is 1. The lowest BCUT2D eigenvalue weighted by Crippen LogP contribution is -2.15. The van der Waals surface area contributed by atoms with Crippen molar-refractivity contribution in [3.8, 4) is 17.2 Å². The largest absolute Gasteiger partial charge is 0.497 e. The lowest BCUT2D eigenvalue weighted by molar-refractivity contribution is -0.115. The molecular weight excluding hydrogens is 432 g/mol. The molecule has 32 heavy (non-hydrogen) atoms. The molecule has 0 aliphatic heterocycles. The molecule has 168 valence electrons. The summed E-state index contributed by atoms with van der Waals surface area (Å²) in [5, 5.41) is 2.76. The van der Waals surface area contributed by atoms with Gasteiger partial charge in [0.15, 0.2) is 0 Å². The molecule has 0 aliphatic carbocycles. The van der Waals surface area contributed by atoms with E-state index in [9.17, 15) is 13.2 Å². The summed E-state index contributed by atoms with van der Waals surface area (Å²) in [5.41, 5.74) is 1.57. The van der Waals surface area contributed by atoms with Crippen molar-refractivity contribution in [2.24, 2.45) is 0 Å². The quantitative estimate of drug-likeness (QED) is 0.509. The van der Waals surface area contributed by atoms with E-state index in [0.717, 1.165) is 5.56 Å². The van der Waals surface area contributed by atoms with E-state index in [1.165, 1.54) is 44.6 Å². The van der Waals surface area contributed by atoms with E-state index in [2.05, 4.69) is 10.0 Å². The topological polar surface area (TPSA) is 103 Å². The average Bonchev–Trinajstić information content (AvgIpc) is 2.79. The number of hydrogen-bond donors (Lipinski definition) is 2. The SMILES string of the molecule is COc1ccc(CC(=O)Nc2ccc(S(=O)(=O)Nc3cc(OC)ccc3OC)cc2)cc1. The van der Waals surface area contributed by atoms with Crippen LogP contribution in [0.2, 0.25) is 0 Å². The van der Waals surface area contributed by atoms with Crippen molar-refractivity contribution in [1.29, 1.82) is 0 Å². The molecule has 3 aromatic rings. The first-order valence-electron chi connectivity index (χ1n) is 9.62. The normalized spacial score (nSPS) is 10.8. The van der Waals surface area contributed by atoms with Crippen LogP contribution in [0.4, 0.5) is 11.4 Å². The zero-order valence-corrected chi connectivity index (χ0v) is 18.7. The molecule has 0 saturated heterocycles. The minimum Gasteiger partial charge on any atom is -0.497 e. The standard InChI is InChI=1S/C23H24N2O6S/c1-29-18-8-4-16(5-9-18)14-23(26)24-17-6-11-20(12-7-17)32(27,28)25-21-15-19(30-2)10-13-22(21)31-3/h4-13,15,25H,14H2,1-3H3,(H,24,26). The van der Waals surface area contributed by atoms with Crippen LogP contribution in [-0.2, 0) is 21.2 Å². The second kappa shape index (κ2) is 10.1. The van der Waals surface area contributed by atoms with Crippen molar-refractivity contribution in [3.63, 3.8) is 0 Å². The number of rotatable bonds is 9. The van der Waals surface area contributed by atoms with Crippen LogP contribution < -0.4 is 24.2 Å². The molecule has 0 radical (unpaired) electrons. The Labute approximate surface area is 187 Å². The number of methoxy groups -OCH3 is 3. The van der Waals surface area contributed by atoms with Crippen molar-refractivity contribution in [3.05, 3.63) is 72.3 Å². The molecule has 0 spiro atoms. The van der Waals surface area contributed by atoms with E-state index in [0.29, 0.717) is 22.9 Å². The third-order valence-corrected chi connectivity index (χ3v) is 6.00. The summed E-state index contributed by atoms with van der Waals surface area (Å²) in [6.45, 7) is 0. The summed E-state index contributed by atoms with van der Waals surface area (Å²) < 4.78 is 43.5. The highest BCUT2D eigenvalue weighted by Gasteiger charge is 2.17. The van der Waals surface area contributed by atoms with Gasteiger partial charge in [0.2, 0.25) is 5.91 Å². The van der Waals surface area contributed by atoms with Gasteiger partial charge in [0.1, 0.15) is 17.2 Å². The summed E-state index contributed by atoms with van der Waals surface area (Å²) in [5.74, 6) is 1.34. The number of sulfonamides is 1. The van der Waals surface area contributed by atoms with Gasteiger partial charge in [-0.15, -0.1) is 0 Å². The van der Waals surface area contributed by atoms with E-state index in [4.69, 9.17) is 14.2 Å². The van der Waals surface area contributed by atoms with Crippen molar-refractivity contribution < 1.29 is 27.4 Å². The van der Waals surface area contributed by atoms with Crippen LogP contribution >= 0.6 is 0 Å². The molecule has 3 aromatic carbocycles. The van der Waals surface area contributed by atoms with E-state index in [1.807, 2.05) is 12.1 Å². The molecular formula is C23H24N2O6S. The Hall–Kier alpha value is -3.72. The van der Waals surface area contributed by atoms with E-state index in [1.54, 1.807) is 31.4 Å². The van der Waals surface area contributed by atoms with Gasteiger partial charge in [-0.05, 0) is 54.1 Å². The number of hydrogen-bond acceptors (Lipinski definition) is 6. The molecule has 0 bridgehead atoms. The molecule has 1 amide bonds. The number of amides is 1. The van der Waals surface area contributed by atoms with Gasteiger partial charge in [0.25, 0.3) is 10.0 Å². The third-order valence-electron chi connectivity index (χ3n) is 4.62. The highest BCUT2D eigenvalue weighted by molar-refractivity contribution is 7.92. The van der Waals surface area contributed by atoms with Gasteiger partial charge in [0, 0.05) is 11.8 Å². The summed E-state index contributed by atoms with van der Waals surface area (Å²) in [6.07, 6.45) is 0.182. The second-order valence-electron chi connectivity index (χ2n) is 6.77. The molecule has 0 heterocycles. The molecule has 0 atom stereocenters. The molecule has 8 nitrogen and oxygen atoms in total. The summed E-state index contributed by atoms with van der Waals surface area (Å²) >= 11 is 0. The fourth-order valence-electron chi connectivity index (χ4n) is 2.95. The third kappa shape index (κ3) is 5.70. The van der Waals surface area contributed by atoms with Crippen molar-refractivity contribution in [2.75, 3.05) is 31.4 Å². The zero-order chi connectivity index (χ0) is 23.1. The van der Waals surface area contributed by atoms with E-state index >= 15 is 0 Å². The van der Waals surface area contributed by atoms with Gasteiger partial charge < -0.3 is 19.5 Å². The van der Waals surface area contributed by atoms with Gasteiger partial charge in [0.05, 0.1) is 38.3 Å². The number of nitrogens with one attached hydrogen (secondary N) is 2. The smallest absolute Gasteiger partial charge is 0.262 e. The molecule has 0 fully saturated rings. The minimum absolute atomic E-state index is 0.0375. The Morgan fingerprint density at radius 1 is 0.812 bits per heavy atom. The molecule has 0 aliphatic rings. The van der Waals surface area contributed by atoms with Gasteiger partial charge >= 0.3 is 0 Å². The number of anilines is 2. The van der Waals surface area contributed by atoms with Crippen LogP contribution in [0, 0.1) is 0 Å². The Morgan fingerprint density at radius 2 is 1.44 bits per heavy atom. The van der Waals surface area contributed by atoms with Crippen molar-refractivity contribution >= 4 is 27.3 Å². The first-order chi connectivity index (χ1) is 15.3. The molecule has 3 rings (SSSR count). The predicted octanol–water partition coefficient (Wildman–Crippen LogP) is 3.69. The zero-order valence-electron chi connectivity index (χ0n) is 17.9. The van der Waals surface area contributed by atoms with Crippen LogP contribution in [0.5, 0.6) is 17.2 Å². The minimum atomic E-state index is -3.88.